The molecule has 1 aromatic rings. The van der Waals surface area contributed by atoms with E-state index in [4.69, 9.17) is 4.74 Å². The van der Waals surface area contributed by atoms with Gasteiger partial charge >= 0.3 is 0 Å². The van der Waals surface area contributed by atoms with Crippen LogP contribution in [-0.4, -0.2) is 12.4 Å². The Labute approximate surface area is 119 Å². The smallest absolute Gasteiger partial charge is 0.126 e. The van der Waals surface area contributed by atoms with Crippen LogP contribution in [0.4, 0.5) is 0 Å². The SMILES string of the molecule is COc1ccc(C(C)(C)C)cc1/C(C)=C/CCBr. The van der Waals surface area contributed by atoms with Gasteiger partial charge in [-0.05, 0) is 42.0 Å². The quantitative estimate of drug-likeness (QED) is 0.696. The molecule has 0 fully saturated rings. The summed E-state index contributed by atoms with van der Waals surface area (Å²) in [5, 5.41) is 0.992. The fourth-order valence-electron chi connectivity index (χ4n) is 1.86. The Bertz CT molecular complexity index is 427. The molecule has 0 aromatic heterocycles. The zero-order valence-electron chi connectivity index (χ0n) is 12.0. The van der Waals surface area contributed by atoms with E-state index in [1.807, 2.05) is 0 Å². The minimum absolute atomic E-state index is 0.163. The molecular weight excluding hydrogens is 288 g/mol. The molecule has 0 atom stereocenters. The lowest BCUT2D eigenvalue weighted by Gasteiger charge is -2.21. The van der Waals surface area contributed by atoms with Crippen molar-refractivity contribution in [3.63, 3.8) is 0 Å². The van der Waals surface area contributed by atoms with Crippen molar-refractivity contribution in [2.24, 2.45) is 0 Å². The van der Waals surface area contributed by atoms with E-state index in [2.05, 4.69) is 67.9 Å². The zero-order chi connectivity index (χ0) is 13.8. The summed E-state index contributed by atoms with van der Waals surface area (Å²) in [7, 11) is 1.73. The lowest BCUT2D eigenvalue weighted by molar-refractivity contribution is 0.413. The van der Waals surface area contributed by atoms with Gasteiger partial charge in [-0.1, -0.05) is 48.8 Å². The number of methoxy groups -OCH3 is 1. The molecular formula is C16H23BrO. The highest BCUT2D eigenvalue weighted by Crippen LogP contribution is 2.32. The van der Waals surface area contributed by atoms with Gasteiger partial charge in [-0.2, -0.15) is 0 Å². The van der Waals surface area contributed by atoms with Gasteiger partial charge in [0, 0.05) is 10.9 Å². The van der Waals surface area contributed by atoms with Crippen molar-refractivity contribution in [2.75, 3.05) is 12.4 Å². The lowest BCUT2D eigenvalue weighted by Crippen LogP contribution is -2.11. The Morgan fingerprint density at radius 3 is 2.50 bits per heavy atom. The Morgan fingerprint density at radius 1 is 1.33 bits per heavy atom. The van der Waals surface area contributed by atoms with Crippen LogP contribution in [0, 0.1) is 0 Å². The van der Waals surface area contributed by atoms with Gasteiger partial charge in [0.25, 0.3) is 0 Å². The molecule has 0 aliphatic carbocycles. The second-order valence-electron chi connectivity index (χ2n) is 5.53. The number of allylic oxidation sites excluding steroid dienone is 2. The van der Waals surface area contributed by atoms with Crippen molar-refractivity contribution in [1.82, 2.24) is 0 Å². The van der Waals surface area contributed by atoms with Gasteiger partial charge in [-0.15, -0.1) is 0 Å². The van der Waals surface area contributed by atoms with Crippen molar-refractivity contribution < 1.29 is 4.74 Å². The van der Waals surface area contributed by atoms with Gasteiger partial charge in [0.2, 0.25) is 0 Å². The fourth-order valence-corrected chi connectivity index (χ4v) is 2.09. The predicted octanol–water partition coefficient (Wildman–Crippen LogP) is 5.18. The van der Waals surface area contributed by atoms with E-state index >= 15 is 0 Å². The summed E-state index contributed by atoms with van der Waals surface area (Å²) < 4.78 is 5.46. The molecule has 1 aromatic carbocycles. The number of alkyl halides is 1. The summed E-state index contributed by atoms with van der Waals surface area (Å²) in [5.41, 5.74) is 3.98. The predicted molar refractivity (Wildman–Crippen MR) is 83.8 cm³/mol. The number of ether oxygens (including phenoxy) is 1. The van der Waals surface area contributed by atoms with Crippen molar-refractivity contribution in [1.29, 1.82) is 0 Å². The van der Waals surface area contributed by atoms with Gasteiger partial charge < -0.3 is 4.74 Å². The Kier molecular flexibility index (Phi) is 5.46. The summed E-state index contributed by atoms with van der Waals surface area (Å²) in [4.78, 5) is 0. The molecule has 0 aliphatic rings. The monoisotopic (exact) mass is 310 g/mol. The van der Waals surface area contributed by atoms with Crippen molar-refractivity contribution >= 4 is 21.5 Å². The van der Waals surface area contributed by atoms with Crippen LogP contribution in [-0.2, 0) is 5.41 Å². The first kappa shape index (κ1) is 15.3. The highest BCUT2D eigenvalue weighted by atomic mass is 79.9. The Morgan fingerprint density at radius 2 is 2.00 bits per heavy atom. The van der Waals surface area contributed by atoms with Crippen LogP contribution >= 0.6 is 15.9 Å². The second-order valence-corrected chi connectivity index (χ2v) is 6.32. The summed E-state index contributed by atoms with van der Waals surface area (Å²) in [6.45, 7) is 8.84. The Balaban J connectivity index is 3.22. The normalized spacial score (nSPS) is 12.7. The van der Waals surface area contributed by atoms with Crippen LogP contribution in [0.2, 0.25) is 0 Å². The van der Waals surface area contributed by atoms with Gasteiger partial charge in [0.1, 0.15) is 5.75 Å². The maximum absolute atomic E-state index is 5.46. The standard InChI is InChI=1S/C16H23BrO/c1-12(7-6-10-17)14-11-13(16(2,3)4)8-9-15(14)18-5/h7-9,11H,6,10H2,1-5H3/b12-7+. The molecule has 0 heterocycles. The van der Waals surface area contributed by atoms with Crippen LogP contribution in [0.3, 0.4) is 0 Å². The molecule has 0 spiro atoms. The first-order valence-corrected chi connectivity index (χ1v) is 7.44. The van der Waals surface area contributed by atoms with E-state index in [1.165, 1.54) is 16.7 Å². The molecule has 0 aliphatic heterocycles. The van der Waals surface area contributed by atoms with Gasteiger partial charge in [-0.3, -0.25) is 0 Å². The molecule has 0 bridgehead atoms. The minimum Gasteiger partial charge on any atom is -0.496 e. The molecule has 0 N–H and O–H groups in total. The fraction of sp³-hybridized carbons (Fsp3) is 0.500. The lowest BCUT2D eigenvalue weighted by atomic mass is 9.85. The highest BCUT2D eigenvalue weighted by Gasteiger charge is 2.16. The first-order valence-electron chi connectivity index (χ1n) is 6.31. The van der Waals surface area contributed by atoms with Crippen molar-refractivity contribution in [3.05, 3.63) is 35.4 Å². The maximum atomic E-state index is 5.46. The zero-order valence-corrected chi connectivity index (χ0v) is 13.6. The number of rotatable bonds is 4. The topological polar surface area (TPSA) is 9.23 Å². The molecule has 1 rings (SSSR count). The third-order valence-corrected chi connectivity index (χ3v) is 3.51. The molecule has 0 radical (unpaired) electrons. The number of benzene rings is 1. The Hall–Kier alpha value is -0.760. The van der Waals surface area contributed by atoms with Crippen LogP contribution in [0.5, 0.6) is 5.75 Å². The van der Waals surface area contributed by atoms with Gasteiger partial charge in [0.15, 0.2) is 0 Å². The van der Waals surface area contributed by atoms with Crippen molar-refractivity contribution in [3.8, 4) is 5.75 Å². The van der Waals surface area contributed by atoms with Crippen LogP contribution in [0.25, 0.3) is 5.57 Å². The third kappa shape index (κ3) is 3.88. The third-order valence-electron chi connectivity index (χ3n) is 3.05. The van der Waals surface area contributed by atoms with Crippen LogP contribution < -0.4 is 4.74 Å². The summed E-state index contributed by atoms with van der Waals surface area (Å²) in [6, 6.07) is 6.47. The largest absolute Gasteiger partial charge is 0.496 e. The van der Waals surface area contributed by atoms with E-state index < -0.39 is 0 Å². The molecule has 100 valence electrons. The molecule has 1 nitrogen and oxygen atoms in total. The molecule has 2 heteroatoms. The first-order chi connectivity index (χ1) is 8.40. The number of hydrogen-bond acceptors (Lipinski definition) is 1. The van der Waals surface area contributed by atoms with E-state index in [-0.39, 0.29) is 5.41 Å². The molecule has 0 saturated heterocycles. The summed E-state index contributed by atoms with van der Waals surface area (Å²) >= 11 is 3.46. The van der Waals surface area contributed by atoms with Gasteiger partial charge in [-0.25, -0.2) is 0 Å². The second kappa shape index (κ2) is 6.42. The molecule has 0 unspecified atom stereocenters. The van der Waals surface area contributed by atoms with Gasteiger partial charge in [0.05, 0.1) is 7.11 Å². The van der Waals surface area contributed by atoms with E-state index in [0.29, 0.717) is 0 Å². The van der Waals surface area contributed by atoms with E-state index in [0.717, 1.165) is 17.5 Å². The van der Waals surface area contributed by atoms with Crippen LogP contribution in [0.15, 0.2) is 24.3 Å². The number of hydrogen-bond donors (Lipinski definition) is 0. The highest BCUT2D eigenvalue weighted by molar-refractivity contribution is 9.09. The number of halogens is 1. The molecule has 18 heavy (non-hydrogen) atoms. The van der Waals surface area contributed by atoms with Crippen molar-refractivity contribution in [2.45, 2.75) is 39.5 Å². The van der Waals surface area contributed by atoms with E-state index in [1.54, 1.807) is 7.11 Å². The molecule has 0 amide bonds. The van der Waals surface area contributed by atoms with E-state index in [9.17, 15) is 0 Å². The molecule has 0 saturated carbocycles. The minimum atomic E-state index is 0.163. The van der Waals surface area contributed by atoms with Crippen LogP contribution in [0.1, 0.15) is 45.2 Å². The summed E-state index contributed by atoms with van der Waals surface area (Å²) in [5.74, 6) is 0.950. The average Bonchev–Trinajstić information content (AvgIpc) is 2.34. The average molecular weight is 311 g/mol. The summed E-state index contributed by atoms with van der Waals surface area (Å²) in [6.07, 6.45) is 3.29. The maximum Gasteiger partial charge on any atom is 0.126 e.